The fourth-order valence-corrected chi connectivity index (χ4v) is 5.69. The zero-order chi connectivity index (χ0) is 20.1. The minimum Gasteiger partial charge on any atom is -0.370 e. The predicted molar refractivity (Wildman–Crippen MR) is 101 cm³/mol. The number of hydrogen-bond acceptors (Lipinski definition) is 5. The Kier molecular flexibility index (Phi) is 5.09. The number of hydrogen-bond donors (Lipinski definition) is 1. The first-order chi connectivity index (χ1) is 13.3. The molecular weight excluding hydrogens is 388 g/mol. The molecule has 2 N–H and O–H groups in total. The van der Waals surface area contributed by atoms with Gasteiger partial charge in [-0.1, -0.05) is 0 Å². The second-order valence-electron chi connectivity index (χ2n) is 7.75. The third-order valence-electron chi connectivity index (χ3n) is 5.85. The maximum Gasteiger partial charge on any atom is 0.232 e. The predicted octanol–water partition coefficient (Wildman–Crippen LogP) is 2.09. The summed E-state index contributed by atoms with van der Waals surface area (Å²) < 4.78 is 59.2. The van der Waals surface area contributed by atoms with E-state index < -0.39 is 33.8 Å². The summed E-state index contributed by atoms with van der Waals surface area (Å²) in [5.41, 5.74) is 8.36. The van der Waals surface area contributed by atoms with Gasteiger partial charge in [-0.15, -0.1) is 0 Å². The minimum absolute atomic E-state index is 0.00474. The van der Waals surface area contributed by atoms with E-state index >= 15 is 0 Å². The summed E-state index contributed by atoms with van der Waals surface area (Å²) in [5, 5.41) is 0. The van der Waals surface area contributed by atoms with Gasteiger partial charge in [0.1, 0.15) is 17.7 Å². The van der Waals surface area contributed by atoms with Crippen LogP contribution in [0.4, 0.5) is 8.78 Å². The van der Waals surface area contributed by atoms with Crippen molar-refractivity contribution in [2.45, 2.75) is 43.9 Å². The van der Waals surface area contributed by atoms with Crippen molar-refractivity contribution in [3.8, 4) is 0 Å². The quantitative estimate of drug-likeness (QED) is 0.821. The third-order valence-corrected chi connectivity index (χ3v) is 7.06. The lowest BCUT2D eigenvalue weighted by Gasteiger charge is -2.41. The van der Waals surface area contributed by atoms with Crippen molar-refractivity contribution in [1.82, 2.24) is 9.21 Å². The lowest BCUT2D eigenvalue weighted by atomic mass is 9.93. The molecule has 0 unspecified atom stereocenters. The van der Waals surface area contributed by atoms with Gasteiger partial charge in [-0.05, 0) is 37.5 Å². The first kappa shape index (κ1) is 19.6. The van der Waals surface area contributed by atoms with Crippen LogP contribution in [0.3, 0.4) is 0 Å². The first-order valence-corrected chi connectivity index (χ1v) is 11.4. The van der Waals surface area contributed by atoms with Gasteiger partial charge >= 0.3 is 0 Å². The van der Waals surface area contributed by atoms with Gasteiger partial charge in [-0.3, -0.25) is 4.31 Å². The fourth-order valence-electron chi connectivity index (χ4n) is 4.64. The average molecular weight is 413 g/mol. The van der Waals surface area contributed by atoms with E-state index in [-0.39, 0.29) is 11.6 Å². The molecule has 28 heavy (non-hydrogen) atoms. The largest absolute Gasteiger partial charge is 0.370 e. The van der Waals surface area contributed by atoms with Gasteiger partial charge in [-0.25, -0.2) is 17.2 Å². The molecular formula is C19H25F2N3O3S. The molecule has 3 heterocycles. The van der Waals surface area contributed by atoms with Crippen molar-refractivity contribution in [2.75, 3.05) is 26.0 Å². The molecule has 6 nitrogen and oxygen atoms in total. The van der Waals surface area contributed by atoms with Crippen LogP contribution < -0.4 is 5.73 Å². The molecule has 0 bridgehead atoms. The Morgan fingerprint density at radius 1 is 1.18 bits per heavy atom. The number of allylic oxidation sites excluding steroid dienone is 1. The molecule has 0 aromatic heterocycles. The van der Waals surface area contributed by atoms with E-state index in [1.807, 2.05) is 0 Å². The van der Waals surface area contributed by atoms with Crippen molar-refractivity contribution in [2.24, 2.45) is 5.73 Å². The van der Waals surface area contributed by atoms with E-state index in [1.165, 1.54) is 10.6 Å². The highest BCUT2D eigenvalue weighted by molar-refractivity contribution is 7.88. The van der Waals surface area contributed by atoms with Crippen LogP contribution in [0.25, 0.3) is 0 Å². The van der Waals surface area contributed by atoms with Crippen LogP contribution in [0.2, 0.25) is 0 Å². The number of rotatable bonds is 3. The number of nitrogens with zero attached hydrogens (tertiary/aromatic N) is 2. The van der Waals surface area contributed by atoms with Crippen molar-refractivity contribution >= 4 is 10.0 Å². The molecule has 3 aliphatic rings. The van der Waals surface area contributed by atoms with Crippen LogP contribution in [-0.2, 0) is 14.8 Å². The van der Waals surface area contributed by atoms with E-state index in [9.17, 15) is 17.2 Å². The van der Waals surface area contributed by atoms with Gasteiger partial charge in [0.15, 0.2) is 0 Å². The summed E-state index contributed by atoms with van der Waals surface area (Å²) in [7, 11) is -3.28. The van der Waals surface area contributed by atoms with Gasteiger partial charge in [0.2, 0.25) is 10.0 Å². The van der Waals surface area contributed by atoms with Crippen LogP contribution >= 0.6 is 0 Å². The summed E-state index contributed by atoms with van der Waals surface area (Å²) in [6, 6.07) is 2.82. The van der Waals surface area contributed by atoms with E-state index in [0.29, 0.717) is 26.0 Å². The van der Waals surface area contributed by atoms with Crippen LogP contribution in [0.1, 0.15) is 37.4 Å². The number of ether oxygens (including phenoxy) is 1. The third kappa shape index (κ3) is 3.51. The molecule has 3 aliphatic heterocycles. The van der Waals surface area contributed by atoms with E-state index in [4.69, 9.17) is 10.5 Å². The summed E-state index contributed by atoms with van der Waals surface area (Å²) in [5.74, 6) is -1.05. The molecule has 4 rings (SSSR count). The topological polar surface area (TPSA) is 75.9 Å². The Morgan fingerprint density at radius 3 is 2.68 bits per heavy atom. The monoisotopic (exact) mass is 413 g/mol. The SMILES string of the molecule is CS(=O)(=O)N1CCCC2=C1CCN2[C@H]1CO[C@H](c2cc(F)ccc2F)[C@@H](N)C1. The summed E-state index contributed by atoms with van der Waals surface area (Å²) in [4.78, 5) is 2.20. The Bertz CT molecular complexity index is 906. The second-order valence-corrected chi connectivity index (χ2v) is 9.66. The molecule has 1 fully saturated rings. The minimum atomic E-state index is -3.28. The highest BCUT2D eigenvalue weighted by Crippen LogP contribution is 2.39. The second kappa shape index (κ2) is 7.27. The van der Waals surface area contributed by atoms with Crippen molar-refractivity contribution in [3.05, 3.63) is 46.8 Å². The Balaban J connectivity index is 1.52. The molecule has 154 valence electrons. The number of benzene rings is 1. The van der Waals surface area contributed by atoms with Crippen LogP contribution in [-0.4, -0.2) is 55.7 Å². The Morgan fingerprint density at radius 2 is 1.96 bits per heavy atom. The van der Waals surface area contributed by atoms with E-state index in [1.54, 1.807) is 0 Å². The summed E-state index contributed by atoms with van der Waals surface area (Å²) in [6.07, 6.45) is 3.39. The summed E-state index contributed by atoms with van der Waals surface area (Å²) >= 11 is 0. The fraction of sp³-hybridized carbons (Fsp3) is 0.579. The molecule has 3 atom stereocenters. The van der Waals surface area contributed by atoms with Gasteiger partial charge in [-0.2, -0.15) is 0 Å². The van der Waals surface area contributed by atoms with Crippen molar-refractivity contribution in [1.29, 1.82) is 0 Å². The molecule has 0 amide bonds. The summed E-state index contributed by atoms with van der Waals surface area (Å²) in [6.45, 7) is 1.58. The lowest BCUT2D eigenvalue weighted by Crippen LogP contribution is -2.48. The smallest absolute Gasteiger partial charge is 0.232 e. The molecule has 0 aliphatic carbocycles. The Labute approximate surface area is 164 Å². The van der Waals surface area contributed by atoms with Gasteiger partial charge < -0.3 is 15.4 Å². The standard InChI is InChI=1S/C19H25F2N3O3S/c1-28(25,26)24-7-2-3-17-18(24)6-8-23(17)13-10-16(22)19(27-11-13)14-9-12(20)4-5-15(14)21/h4-5,9,13,16,19H,2-3,6-8,10-11,22H2,1H3/t13-,16+,19-/m1/s1. The number of halogens is 2. The van der Waals surface area contributed by atoms with Gasteiger partial charge in [0, 0.05) is 42.5 Å². The van der Waals surface area contributed by atoms with Crippen LogP contribution in [0, 0.1) is 11.6 Å². The van der Waals surface area contributed by atoms with Gasteiger partial charge in [0.25, 0.3) is 0 Å². The molecule has 1 aromatic carbocycles. The normalized spacial score (nSPS) is 28.6. The van der Waals surface area contributed by atoms with Crippen LogP contribution in [0.15, 0.2) is 29.6 Å². The molecule has 1 aromatic rings. The molecule has 0 spiro atoms. The highest BCUT2D eigenvalue weighted by atomic mass is 32.2. The Hall–Kier alpha value is -1.71. The molecule has 0 saturated carbocycles. The molecule has 0 radical (unpaired) electrons. The zero-order valence-corrected chi connectivity index (χ0v) is 16.6. The lowest BCUT2D eigenvalue weighted by molar-refractivity contribution is -0.0435. The maximum absolute atomic E-state index is 14.1. The van der Waals surface area contributed by atoms with Gasteiger partial charge in [0.05, 0.1) is 18.9 Å². The van der Waals surface area contributed by atoms with Crippen molar-refractivity contribution in [3.63, 3.8) is 0 Å². The number of sulfonamides is 1. The first-order valence-electron chi connectivity index (χ1n) is 9.54. The molecule has 9 heteroatoms. The van der Waals surface area contributed by atoms with Crippen molar-refractivity contribution < 1.29 is 21.9 Å². The van der Waals surface area contributed by atoms with E-state index in [2.05, 4.69) is 4.90 Å². The number of nitrogens with two attached hydrogens (primary N) is 1. The highest BCUT2D eigenvalue weighted by Gasteiger charge is 2.40. The van der Waals surface area contributed by atoms with Crippen LogP contribution in [0.5, 0.6) is 0 Å². The maximum atomic E-state index is 14.1. The van der Waals surface area contributed by atoms with E-state index in [0.717, 1.165) is 49.0 Å². The average Bonchev–Trinajstić information content (AvgIpc) is 3.07. The molecule has 1 saturated heterocycles. The zero-order valence-electron chi connectivity index (χ0n) is 15.8.